The van der Waals surface area contributed by atoms with Gasteiger partial charge in [0.1, 0.15) is 5.75 Å². The number of imidazole rings is 1. The standard InChI is InChI=1S/C19H23ClN4O3/c1-23-17-16(18(25)22-19(23)26)24(13-21-17)11-5-3-2-4-6-12-27-15-9-7-14(20)8-10-15/h7-10,13H,2-6,11-12H2,1H3,(H,22,25,26). The first kappa shape index (κ1) is 19.2. The molecule has 2 aromatic heterocycles. The Labute approximate surface area is 161 Å². The fourth-order valence-electron chi connectivity index (χ4n) is 2.99. The normalized spacial score (nSPS) is 11.2. The maximum atomic E-state index is 12.0. The Bertz CT molecular complexity index is 1000. The Kier molecular flexibility index (Phi) is 6.34. The molecule has 8 heteroatoms. The van der Waals surface area contributed by atoms with Crippen LogP contribution in [0.2, 0.25) is 5.02 Å². The van der Waals surface area contributed by atoms with Gasteiger partial charge in [-0.3, -0.25) is 14.3 Å². The smallest absolute Gasteiger partial charge is 0.329 e. The average molecular weight is 391 g/mol. The van der Waals surface area contributed by atoms with Crippen molar-refractivity contribution < 1.29 is 4.74 Å². The molecule has 1 aromatic carbocycles. The number of hydrogen-bond donors (Lipinski definition) is 1. The molecule has 0 spiro atoms. The third-order valence-corrected chi connectivity index (χ3v) is 4.75. The molecule has 0 unspecified atom stereocenters. The highest BCUT2D eigenvalue weighted by molar-refractivity contribution is 6.30. The van der Waals surface area contributed by atoms with Crippen LogP contribution in [0.4, 0.5) is 0 Å². The molecule has 27 heavy (non-hydrogen) atoms. The van der Waals surface area contributed by atoms with Gasteiger partial charge in [-0.25, -0.2) is 9.78 Å². The summed E-state index contributed by atoms with van der Waals surface area (Å²) in [5.41, 5.74) is 0.0417. The van der Waals surface area contributed by atoms with E-state index in [9.17, 15) is 9.59 Å². The van der Waals surface area contributed by atoms with Crippen molar-refractivity contribution in [2.45, 2.75) is 38.6 Å². The van der Waals surface area contributed by atoms with Gasteiger partial charge in [0.2, 0.25) is 0 Å². The first-order valence-corrected chi connectivity index (χ1v) is 9.46. The molecule has 3 aromatic rings. The second-order valence-electron chi connectivity index (χ2n) is 6.50. The Morgan fingerprint density at radius 2 is 1.78 bits per heavy atom. The van der Waals surface area contributed by atoms with Crippen molar-refractivity contribution in [1.29, 1.82) is 0 Å². The van der Waals surface area contributed by atoms with Crippen molar-refractivity contribution in [2.24, 2.45) is 7.05 Å². The number of nitrogens with zero attached hydrogens (tertiary/aromatic N) is 3. The van der Waals surface area contributed by atoms with Crippen LogP contribution in [0.1, 0.15) is 32.1 Å². The van der Waals surface area contributed by atoms with Gasteiger partial charge in [0, 0.05) is 18.6 Å². The predicted molar refractivity (Wildman–Crippen MR) is 106 cm³/mol. The molecular weight excluding hydrogens is 368 g/mol. The lowest BCUT2D eigenvalue weighted by Gasteiger charge is -2.07. The quantitative estimate of drug-likeness (QED) is 0.569. The van der Waals surface area contributed by atoms with Crippen LogP contribution in [-0.4, -0.2) is 25.7 Å². The summed E-state index contributed by atoms with van der Waals surface area (Å²) >= 11 is 5.84. The van der Waals surface area contributed by atoms with E-state index < -0.39 is 5.69 Å². The van der Waals surface area contributed by atoms with E-state index in [0.717, 1.165) is 37.9 Å². The highest BCUT2D eigenvalue weighted by Crippen LogP contribution is 2.16. The Hall–Kier alpha value is -2.54. The number of nitrogens with one attached hydrogen (secondary N) is 1. The zero-order valence-electron chi connectivity index (χ0n) is 15.3. The average Bonchev–Trinajstić information content (AvgIpc) is 3.08. The molecule has 0 atom stereocenters. The molecule has 0 bridgehead atoms. The van der Waals surface area contributed by atoms with E-state index in [1.807, 2.05) is 28.8 Å². The lowest BCUT2D eigenvalue weighted by atomic mass is 10.1. The minimum absolute atomic E-state index is 0.384. The summed E-state index contributed by atoms with van der Waals surface area (Å²) in [4.78, 5) is 30.1. The van der Waals surface area contributed by atoms with Gasteiger partial charge in [-0.2, -0.15) is 0 Å². The van der Waals surface area contributed by atoms with E-state index in [4.69, 9.17) is 16.3 Å². The number of fused-ring (bicyclic) bond motifs is 1. The molecule has 0 radical (unpaired) electrons. The summed E-state index contributed by atoms with van der Waals surface area (Å²) in [6, 6.07) is 7.38. The van der Waals surface area contributed by atoms with Crippen molar-refractivity contribution >= 4 is 22.8 Å². The van der Waals surface area contributed by atoms with E-state index in [1.54, 1.807) is 13.4 Å². The minimum Gasteiger partial charge on any atom is -0.494 e. The lowest BCUT2D eigenvalue weighted by Crippen LogP contribution is -2.29. The highest BCUT2D eigenvalue weighted by Gasteiger charge is 2.10. The second kappa shape index (κ2) is 8.90. The van der Waals surface area contributed by atoms with Crippen molar-refractivity contribution in [3.05, 3.63) is 56.5 Å². The van der Waals surface area contributed by atoms with E-state index >= 15 is 0 Å². The maximum absolute atomic E-state index is 12.0. The second-order valence-corrected chi connectivity index (χ2v) is 6.94. The summed E-state index contributed by atoms with van der Waals surface area (Å²) in [6.45, 7) is 1.40. The van der Waals surface area contributed by atoms with Crippen LogP contribution in [0.3, 0.4) is 0 Å². The minimum atomic E-state index is -0.446. The molecule has 0 aliphatic carbocycles. The van der Waals surface area contributed by atoms with Crippen LogP contribution >= 0.6 is 11.6 Å². The number of rotatable bonds is 9. The van der Waals surface area contributed by atoms with Gasteiger partial charge in [-0.05, 0) is 37.1 Å². The van der Waals surface area contributed by atoms with Crippen LogP contribution in [-0.2, 0) is 13.6 Å². The van der Waals surface area contributed by atoms with Gasteiger partial charge in [0.15, 0.2) is 11.2 Å². The fourth-order valence-corrected chi connectivity index (χ4v) is 3.12. The molecule has 7 nitrogen and oxygen atoms in total. The molecule has 0 aliphatic rings. The number of benzene rings is 1. The third-order valence-electron chi connectivity index (χ3n) is 4.50. The van der Waals surface area contributed by atoms with Crippen LogP contribution < -0.4 is 16.0 Å². The first-order chi connectivity index (χ1) is 13.1. The molecule has 0 amide bonds. The van der Waals surface area contributed by atoms with Crippen molar-refractivity contribution in [3.63, 3.8) is 0 Å². The van der Waals surface area contributed by atoms with Crippen LogP contribution in [0.15, 0.2) is 40.2 Å². The van der Waals surface area contributed by atoms with Crippen molar-refractivity contribution in [2.75, 3.05) is 6.61 Å². The van der Waals surface area contributed by atoms with Crippen LogP contribution in [0.25, 0.3) is 11.2 Å². The van der Waals surface area contributed by atoms with E-state index in [1.165, 1.54) is 4.57 Å². The Balaban J connectivity index is 1.38. The largest absolute Gasteiger partial charge is 0.494 e. The molecule has 0 saturated carbocycles. The molecule has 0 aliphatic heterocycles. The lowest BCUT2D eigenvalue weighted by molar-refractivity contribution is 0.304. The number of unbranched alkanes of at least 4 members (excludes halogenated alkanes) is 4. The summed E-state index contributed by atoms with van der Waals surface area (Å²) in [6.07, 6.45) is 6.83. The third kappa shape index (κ3) is 4.80. The first-order valence-electron chi connectivity index (χ1n) is 9.09. The number of halogens is 1. The van der Waals surface area contributed by atoms with Crippen molar-refractivity contribution in [1.82, 2.24) is 19.1 Å². The summed E-state index contributed by atoms with van der Waals surface area (Å²) < 4.78 is 8.84. The van der Waals surface area contributed by atoms with E-state index in [0.29, 0.717) is 29.3 Å². The molecule has 2 heterocycles. The van der Waals surface area contributed by atoms with Gasteiger partial charge in [-0.15, -0.1) is 0 Å². The fraction of sp³-hybridized carbons (Fsp3) is 0.421. The number of hydrogen-bond acceptors (Lipinski definition) is 4. The monoisotopic (exact) mass is 390 g/mol. The maximum Gasteiger partial charge on any atom is 0.329 e. The number of aromatic amines is 1. The molecule has 144 valence electrons. The Morgan fingerprint density at radius 1 is 1.07 bits per heavy atom. The Morgan fingerprint density at radius 3 is 2.56 bits per heavy atom. The molecular formula is C19H23ClN4O3. The predicted octanol–water partition coefficient (Wildman–Crippen LogP) is 3.11. The van der Waals surface area contributed by atoms with Gasteiger partial charge in [0.05, 0.1) is 12.9 Å². The SMILES string of the molecule is Cn1c(=O)[nH]c(=O)c2c1ncn2CCCCCCCOc1ccc(Cl)cc1. The van der Waals surface area contributed by atoms with Gasteiger partial charge >= 0.3 is 5.69 Å². The summed E-state index contributed by atoms with van der Waals surface area (Å²) in [5.74, 6) is 0.839. The number of ether oxygens (including phenoxy) is 1. The summed E-state index contributed by atoms with van der Waals surface area (Å²) in [5, 5.41) is 0.706. The van der Waals surface area contributed by atoms with E-state index in [-0.39, 0.29) is 5.56 Å². The van der Waals surface area contributed by atoms with Crippen LogP contribution in [0.5, 0.6) is 5.75 Å². The number of aryl methyl sites for hydroxylation is 2. The van der Waals surface area contributed by atoms with Gasteiger partial charge < -0.3 is 9.30 Å². The van der Waals surface area contributed by atoms with E-state index in [2.05, 4.69) is 9.97 Å². The highest BCUT2D eigenvalue weighted by atomic mass is 35.5. The number of aromatic nitrogens is 4. The summed E-state index contributed by atoms with van der Waals surface area (Å²) in [7, 11) is 1.60. The zero-order valence-corrected chi connectivity index (χ0v) is 16.0. The van der Waals surface area contributed by atoms with Crippen molar-refractivity contribution in [3.8, 4) is 5.75 Å². The van der Waals surface area contributed by atoms with Crippen LogP contribution in [0, 0.1) is 0 Å². The molecule has 1 N–H and O–H groups in total. The number of H-pyrrole nitrogens is 1. The van der Waals surface area contributed by atoms with Gasteiger partial charge in [-0.1, -0.05) is 30.9 Å². The topological polar surface area (TPSA) is 81.9 Å². The molecule has 0 saturated heterocycles. The van der Waals surface area contributed by atoms with Gasteiger partial charge in [0.25, 0.3) is 5.56 Å². The zero-order chi connectivity index (χ0) is 19.2. The molecule has 3 rings (SSSR count). The molecule has 0 fully saturated rings.